The van der Waals surface area contributed by atoms with Crippen LogP contribution in [0.5, 0.6) is 11.5 Å². The number of amides is 4. The van der Waals surface area contributed by atoms with Gasteiger partial charge in [0.25, 0.3) is 5.91 Å². The fourth-order valence-corrected chi connectivity index (χ4v) is 7.41. The van der Waals surface area contributed by atoms with E-state index in [9.17, 15) is 24.0 Å². The maximum atomic E-state index is 14.7. The van der Waals surface area contributed by atoms with Crippen molar-refractivity contribution in [3.63, 3.8) is 0 Å². The fraction of sp³-hybridized carbons (Fsp3) is 0.667. The van der Waals surface area contributed by atoms with Crippen LogP contribution in [-0.4, -0.2) is 97.7 Å². The zero-order valence-corrected chi connectivity index (χ0v) is 31.0. The molecule has 280 valence electrons. The second-order valence-electron chi connectivity index (χ2n) is 15.8. The van der Waals surface area contributed by atoms with Crippen LogP contribution in [-0.2, 0) is 33.5 Å². The van der Waals surface area contributed by atoms with Crippen LogP contribution in [0, 0.1) is 16.7 Å². The molecular formula is C36H50ClN5O9. The monoisotopic (exact) mass is 731 g/mol. The Labute approximate surface area is 303 Å². The van der Waals surface area contributed by atoms with Gasteiger partial charge >= 0.3 is 0 Å². The highest BCUT2D eigenvalue weighted by atomic mass is 35.5. The van der Waals surface area contributed by atoms with Crippen molar-refractivity contribution in [3.05, 3.63) is 22.7 Å². The number of ether oxygens (including phenoxy) is 3. The van der Waals surface area contributed by atoms with E-state index < -0.39 is 52.6 Å². The summed E-state index contributed by atoms with van der Waals surface area (Å²) in [5.74, 6) is -2.38. The topological polar surface area (TPSA) is 188 Å². The van der Waals surface area contributed by atoms with E-state index in [1.54, 1.807) is 12.1 Å². The molecule has 4 atom stereocenters. The zero-order chi connectivity index (χ0) is 37.3. The summed E-state index contributed by atoms with van der Waals surface area (Å²) in [6.45, 7) is 8.66. The highest BCUT2D eigenvalue weighted by Crippen LogP contribution is 2.43. The molecule has 4 amide bonds. The Morgan fingerprint density at radius 3 is 2.33 bits per heavy atom. The molecule has 15 heteroatoms. The number of nitrogens with two attached hydrogens (primary N) is 1. The van der Waals surface area contributed by atoms with Gasteiger partial charge in [-0.05, 0) is 42.1 Å². The SMILES string of the molecule is COc1cc(OC)c(C2=NO[C@]3(C2)C[C@@H](C(=O)N[C@@H](CC2CC2)C(=O)C(N)=O)N(C(=O)[C@@H](NC(=O)CC2(C)CCOCC2)C(C)(C)C)C3)cc1Cl. The number of nitrogens with zero attached hydrogens (tertiary/aromatic N) is 2. The molecule has 0 aromatic heterocycles. The lowest BCUT2D eigenvalue weighted by molar-refractivity contribution is -0.145. The summed E-state index contributed by atoms with van der Waals surface area (Å²) >= 11 is 6.46. The fourth-order valence-electron chi connectivity index (χ4n) is 7.17. The normalized spacial score (nSPS) is 23.9. The largest absolute Gasteiger partial charge is 0.496 e. The number of Topliss-reactive ketones (excluding diaryl/α,β-unsaturated/α-hetero) is 1. The number of hydrogen-bond donors (Lipinski definition) is 3. The van der Waals surface area contributed by atoms with Gasteiger partial charge in [0.05, 0.1) is 37.5 Å². The number of nitrogens with one attached hydrogen (secondary N) is 2. The Morgan fingerprint density at radius 2 is 1.75 bits per heavy atom. The first kappa shape index (κ1) is 38.3. The molecule has 51 heavy (non-hydrogen) atoms. The van der Waals surface area contributed by atoms with Crippen molar-refractivity contribution in [1.29, 1.82) is 0 Å². The molecule has 3 fully saturated rings. The lowest BCUT2D eigenvalue weighted by atomic mass is 9.78. The number of oxime groups is 1. The number of rotatable bonds is 13. The minimum Gasteiger partial charge on any atom is -0.496 e. The first-order chi connectivity index (χ1) is 24.0. The number of primary amides is 1. The van der Waals surface area contributed by atoms with E-state index >= 15 is 0 Å². The molecule has 3 heterocycles. The van der Waals surface area contributed by atoms with E-state index in [0.29, 0.717) is 41.0 Å². The summed E-state index contributed by atoms with van der Waals surface area (Å²) < 4.78 is 16.4. The van der Waals surface area contributed by atoms with Crippen LogP contribution >= 0.6 is 11.6 Å². The van der Waals surface area contributed by atoms with Crippen molar-refractivity contribution in [2.75, 3.05) is 34.0 Å². The van der Waals surface area contributed by atoms with Crippen molar-refractivity contribution in [2.45, 2.75) is 103 Å². The number of carbonyl (C=O) groups is 5. The zero-order valence-electron chi connectivity index (χ0n) is 30.3. The lowest BCUT2D eigenvalue weighted by Crippen LogP contribution is -2.59. The van der Waals surface area contributed by atoms with Crippen LogP contribution in [0.25, 0.3) is 0 Å². The van der Waals surface area contributed by atoms with Gasteiger partial charge < -0.3 is 40.3 Å². The smallest absolute Gasteiger partial charge is 0.287 e. The number of halogens is 1. The molecule has 0 bridgehead atoms. The Balaban J connectivity index is 1.43. The van der Waals surface area contributed by atoms with Gasteiger partial charge in [-0.1, -0.05) is 57.3 Å². The Morgan fingerprint density at radius 1 is 1.08 bits per heavy atom. The lowest BCUT2D eigenvalue weighted by Gasteiger charge is -2.37. The summed E-state index contributed by atoms with van der Waals surface area (Å²) in [7, 11) is 3.00. The van der Waals surface area contributed by atoms with Crippen molar-refractivity contribution < 1.29 is 43.0 Å². The quantitative estimate of drug-likeness (QED) is 0.257. The van der Waals surface area contributed by atoms with E-state index in [2.05, 4.69) is 15.8 Å². The highest BCUT2D eigenvalue weighted by molar-refractivity contribution is 6.38. The molecule has 14 nitrogen and oxygen atoms in total. The van der Waals surface area contributed by atoms with Crippen LogP contribution in [0.1, 0.15) is 84.6 Å². The minimum absolute atomic E-state index is 0.0214. The van der Waals surface area contributed by atoms with Crippen molar-refractivity contribution in [3.8, 4) is 11.5 Å². The molecule has 1 aliphatic carbocycles. The molecule has 3 aliphatic heterocycles. The number of carbonyl (C=O) groups excluding carboxylic acids is 5. The van der Waals surface area contributed by atoms with E-state index in [1.165, 1.54) is 19.1 Å². The van der Waals surface area contributed by atoms with Crippen LogP contribution < -0.4 is 25.8 Å². The molecule has 1 aromatic carbocycles. The number of ketones is 1. The summed E-state index contributed by atoms with van der Waals surface area (Å²) in [6.07, 6.45) is 3.90. The molecule has 1 saturated carbocycles. The van der Waals surface area contributed by atoms with Gasteiger partial charge in [0.1, 0.15) is 23.6 Å². The standard InChI is InChI=1S/C36H50ClN5O9/c1-34(2,3)30(40-28(43)18-35(4)9-11-50-12-10-35)33(47)42-19-36(16-24(41-51-36)21-14-22(37)27(49-6)15-26(21)48-5)17-25(42)32(46)39-23(13-20-7-8-20)29(44)31(38)45/h14-15,20,23,25,30H,7-13,16-19H2,1-6H3,(H2,38,45)(H,39,46)(H,40,43)/t23-,25-,30+,36+/m0/s1. The predicted molar refractivity (Wildman–Crippen MR) is 187 cm³/mol. The van der Waals surface area contributed by atoms with E-state index in [0.717, 1.165) is 25.7 Å². The van der Waals surface area contributed by atoms with Gasteiger partial charge in [0.2, 0.25) is 23.5 Å². The molecule has 5 rings (SSSR count). The van der Waals surface area contributed by atoms with Crippen molar-refractivity contribution in [2.24, 2.45) is 27.6 Å². The van der Waals surface area contributed by atoms with E-state index in [4.69, 9.17) is 36.4 Å². The summed E-state index contributed by atoms with van der Waals surface area (Å²) in [6, 6.07) is 0.0430. The van der Waals surface area contributed by atoms with Crippen LogP contribution in [0.2, 0.25) is 5.02 Å². The molecule has 1 spiro atoms. The molecule has 4 aliphatic rings. The molecule has 2 saturated heterocycles. The van der Waals surface area contributed by atoms with Gasteiger partial charge in [-0.25, -0.2) is 0 Å². The summed E-state index contributed by atoms with van der Waals surface area (Å²) in [5, 5.41) is 10.4. The average Bonchev–Trinajstić information content (AvgIpc) is 3.67. The van der Waals surface area contributed by atoms with Gasteiger partial charge in [-0.15, -0.1) is 0 Å². The van der Waals surface area contributed by atoms with E-state index in [-0.39, 0.29) is 49.5 Å². The summed E-state index contributed by atoms with van der Waals surface area (Å²) in [5.41, 5.74) is 4.25. The molecule has 4 N–H and O–H groups in total. The molecular weight excluding hydrogens is 682 g/mol. The summed E-state index contributed by atoms with van der Waals surface area (Å²) in [4.78, 5) is 74.6. The number of benzene rings is 1. The van der Waals surface area contributed by atoms with E-state index in [1.807, 2.05) is 27.7 Å². The number of methoxy groups -OCH3 is 2. The second-order valence-corrected chi connectivity index (χ2v) is 16.2. The van der Waals surface area contributed by atoms with Crippen LogP contribution in [0.3, 0.4) is 0 Å². The third-order valence-electron chi connectivity index (χ3n) is 10.5. The van der Waals surface area contributed by atoms with Crippen LogP contribution in [0.4, 0.5) is 0 Å². The Hall–Kier alpha value is -3.91. The Kier molecular flexibility index (Phi) is 11.3. The first-order valence-corrected chi connectivity index (χ1v) is 17.8. The number of likely N-dealkylation sites (tertiary alicyclic amines) is 1. The second kappa shape index (κ2) is 15.0. The molecule has 0 unspecified atom stereocenters. The van der Waals surface area contributed by atoms with Crippen LogP contribution in [0.15, 0.2) is 17.3 Å². The van der Waals surface area contributed by atoms with Gasteiger partial charge in [0.15, 0.2) is 5.60 Å². The maximum Gasteiger partial charge on any atom is 0.287 e. The van der Waals surface area contributed by atoms with Crippen molar-refractivity contribution in [1.82, 2.24) is 15.5 Å². The first-order valence-electron chi connectivity index (χ1n) is 17.5. The molecule has 1 aromatic rings. The Bertz CT molecular complexity index is 1580. The third kappa shape index (κ3) is 8.77. The van der Waals surface area contributed by atoms with Gasteiger partial charge in [-0.2, -0.15) is 0 Å². The molecule has 0 radical (unpaired) electrons. The third-order valence-corrected chi connectivity index (χ3v) is 10.8. The number of hydrogen-bond acceptors (Lipinski definition) is 10. The minimum atomic E-state index is -1.14. The predicted octanol–water partition coefficient (Wildman–Crippen LogP) is 2.90. The van der Waals surface area contributed by atoms with Crippen molar-refractivity contribution >= 4 is 46.7 Å². The van der Waals surface area contributed by atoms with Gasteiger partial charge in [0, 0.05) is 44.1 Å². The van der Waals surface area contributed by atoms with Gasteiger partial charge in [-0.3, -0.25) is 24.0 Å². The maximum absolute atomic E-state index is 14.7. The average molecular weight is 732 g/mol. The highest BCUT2D eigenvalue weighted by Gasteiger charge is 2.56.